The molecule has 0 saturated heterocycles. The fourth-order valence-corrected chi connectivity index (χ4v) is 3.74. The molecule has 0 spiro atoms. The molecule has 0 aromatic heterocycles. The maximum atomic E-state index is 2.41. The van der Waals surface area contributed by atoms with Crippen LogP contribution in [-0.2, 0) is 5.41 Å². The number of fused-ring (bicyclic) bond motifs is 1. The van der Waals surface area contributed by atoms with Crippen LogP contribution in [0.3, 0.4) is 0 Å². The molecule has 0 heterocycles. The molecule has 0 amide bonds. The van der Waals surface area contributed by atoms with Gasteiger partial charge in [-0.25, -0.2) is 0 Å². The summed E-state index contributed by atoms with van der Waals surface area (Å²) in [5.74, 6) is 0.915. The van der Waals surface area contributed by atoms with E-state index in [0.717, 1.165) is 0 Å². The van der Waals surface area contributed by atoms with Gasteiger partial charge in [0.15, 0.2) is 0 Å². The first-order valence-electron chi connectivity index (χ1n) is 8.65. The molecule has 0 radical (unpaired) electrons. The summed E-state index contributed by atoms with van der Waals surface area (Å²) in [6.07, 6.45) is 9.03. The molecule has 24 heavy (non-hydrogen) atoms. The fourth-order valence-electron chi connectivity index (χ4n) is 3.38. The minimum Gasteiger partial charge on any atom is -0.0808 e. The molecule has 0 saturated carbocycles. The zero-order chi connectivity index (χ0) is 17.3. The van der Waals surface area contributed by atoms with Crippen molar-refractivity contribution < 1.29 is 0 Å². The van der Waals surface area contributed by atoms with E-state index in [1.165, 1.54) is 25.8 Å². The van der Waals surface area contributed by atoms with Gasteiger partial charge in [0.2, 0.25) is 0 Å². The highest BCUT2D eigenvalue weighted by Gasteiger charge is 2.30. The number of rotatable bonds is 1. The van der Waals surface area contributed by atoms with E-state index in [1.54, 1.807) is 0 Å². The molecule has 0 fully saturated rings. The predicted molar refractivity (Wildman–Crippen MR) is 113 cm³/mol. The van der Waals surface area contributed by atoms with E-state index in [1.807, 2.05) is 0 Å². The highest BCUT2D eigenvalue weighted by Crippen LogP contribution is 2.40. The first-order valence-corrected chi connectivity index (χ1v) is 9.73. The monoisotopic (exact) mass is 428 g/mol. The van der Waals surface area contributed by atoms with Crippen molar-refractivity contribution in [3.05, 3.63) is 81.5 Å². The number of allylic oxidation sites excluding steroid dienone is 4. The molecular formula is C23H25I. The van der Waals surface area contributed by atoms with Crippen LogP contribution in [0.25, 0.3) is 11.1 Å². The summed E-state index contributed by atoms with van der Waals surface area (Å²) in [7, 11) is 0. The Kier molecular flexibility index (Phi) is 5.00. The largest absolute Gasteiger partial charge is 0.0808 e. The van der Waals surface area contributed by atoms with Crippen LogP contribution in [0.15, 0.2) is 66.8 Å². The van der Waals surface area contributed by atoms with Gasteiger partial charge < -0.3 is 0 Å². The van der Waals surface area contributed by atoms with Crippen molar-refractivity contribution >= 4 is 22.6 Å². The lowest BCUT2D eigenvalue weighted by Crippen LogP contribution is -2.27. The Bertz CT molecular complexity index is 778. The highest BCUT2D eigenvalue weighted by molar-refractivity contribution is 14.1. The summed E-state index contributed by atoms with van der Waals surface area (Å²) in [5, 5.41) is 0. The molecule has 124 valence electrons. The Balaban J connectivity index is 2.17. The number of hydrogen-bond donors (Lipinski definition) is 0. The molecule has 1 aliphatic carbocycles. The molecular weight excluding hydrogens is 403 g/mol. The Labute approximate surface area is 159 Å². The Morgan fingerprint density at radius 1 is 0.833 bits per heavy atom. The molecule has 0 nitrogen and oxygen atoms in total. The number of hydrogen-bond acceptors (Lipinski definition) is 0. The minimum absolute atomic E-state index is 0.103. The summed E-state index contributed by atoms with van der Waals surface area (Å²) in [6.45, 7) is 9.36. The van der Waals surface area contributed by atoms with Crippen LogP contribution in [0.2, 0.25) is 0 Å². The SMILES string of the molecule is CC1/C=C\C=C/C(C)C(C)(C)c2cc(-c3ccc(I)cc3)ccc21. The standard InChI is InChI=1S/C23H25I/c1-16-7-5-6-8-17(2)23(3,4)22-15-19(11-14-21(16)22)18-9-12-20(24)13-10-18/h5-17H,1-4H3/b7-5-,8-6-. The van der Waals surface area contributed by atoms with Crippen LogP contribution < -0.4 is 0 Å². The van der Waals surface area contributed by atoms with Gasteiger partial charge in [0.25, 0.3) is 0 Å². The molecule has 2 aromatic rings. The maximum absolute atomic E-state index is 2.41. The zero-order valence-corrected chi connectivity index (χ0v) is 17.0. The van der Waals surface area contributed by atoms with Crippen LogP contribution in [0.4, 0.5) is 0 Å². The Morgan fingerprint density at radius 3 is 2.17 bits per heavy atom. The highest BCUT2D eigenvalue weighted by atomic mass is 127. The molecule has 3 rings (SSSR count). The Hall–Kier alpha value is -1.35. The first kappa shape index (κ1) is 17.5. The van der Waals surface area contributed by atoms with Crippen molar-refractivity contribution in [1.82, 2.24) is 0 Å². The van der Waals surface area contributed by atoms with Crippen LogP contribution in [-0.4, -0.2) is 0 Å². The van der Waals surface area contributed by atoms with Crippen LogP contribution in [0.5, 0.6) is 0 Å². The Morgan fingerprint density at radius 2 is 1.46 bits per heavy atom. The molecule has 1 aliphatic rings. The summed E-state index contributed by atoms with van der Waals surface area (Å²) >= 11 is 2.36. The third-order valence-electron chi connectivity index (χ3n) is 5.46. The molecule has 0 aliphatic heterocycles. The molecule has 1 heteroatoms. The van der Waals surface area contributed by atoms with Crippen molar-refractivity contribution in [3.8, 4) is 11.1 Å². The van der Waals surface area contributed by atoms with Crippen LogP contribution in [0.1, 0.15) is 44.7 Å². The van der Waals surface area contributed by atoms with Gasteiger partial charge in [0.05, 0.1) is 0 Å². The fraction of sp³-hybridized carbons (Fsp3) is 0.304. The van der Waals surface area contributed by atoms with E-state index in [9.17, 15) is 0 Å². The summed E-state index contributed by atoms with van der Waals surface area (Å²) in [5.41, 5.74) is 5.62. The molecule has 2 atom stereocenters. The first-order chi connectivity index (χ1) is 11.4. The second-order valence-electron chi connectivity index (χ2n) is 7.38. The lowest BCUT2D eigenvalue weighted by atomic mass is 9.70. The van der Waals surface area contributed by atoms with Gasteiger partial charge in [-0.1, -0.05) is 82.3 Å². The number of halogens is 1. The van der Waals surface area contributed by atoms with Crippen molar-refractivity contribution in [2.45, 2.75) is 39.0 Å². The van der Waals surface area contributed by atoms with Gasteiger partial charge in [0.1, 0.15) is 0 Å². The van der Waals surface area contributed by atoms with E-state index in [0.29, 0.717) is 11.8 Å². The molecule has 0 N–H and O–H groups in total. The molecule has 0 bridgehead atoms. The maximum Gasteiger partial charge on any atom is 0.0130 e. The lowest BCUT2D eigenvalue weighted by Gasteiger charge is -2.34. The van der Waals surface area contributed by atoms with Crippen molar-refractivity contribution in [1.29, 1.82) is 0 Å². The average molecular weight is 428 g/mol. The van der Waals surface area contributed by atoms with Crippen molar-refractivity contribution in [2.24, 2.45) is 5.92 Å². The number of benzene rings is 2. The van der Waals surface area contributed by atoms with E-state index in [-0.39, 0.29) is 5.41 Å². The third-order valence-corrected chi connectivity index (χ3v) is 6.18. The van der Waals surface area contributed by atoms with E-state index in [4.69, 9.17) is 0 Å². The van der Waals surface area contributed by atoms with Crippen LogP contribution >= 0.6 is 22.6 Å². The van der Waals surface area contributed by atoms with E-state index >= 15 is 0 Å². The summed E-state index contributed by atoms with van der Waals surface area (Å²) < 4.78 is 1.27. The minimum atomic E-state index is 0.103. The second kappa shape index (κ2) is 6.87. The van der Waals surface area contributed by atoms with E-state index < -0.39 is 0 Å². The van der Waals surface area contributed by atoms with E-state index in [2.05, 4.69) is 117 Å². The second-order valence-corrected chi connectivity index (χ2v) is 8.62. The lowest BCUT2D eigenvalue weighted by molar-refractivity contribution is 0.406. The predicted octanol–water partition coefficient (Wildman–Crippen LogP) is 7.10. The topological polar surface area (TPSA) is 0 Å². The van der Waals surface area contributed by atoms with Gasteiger partial charge >= 0.3 is 0 Å². The normalized spacial score (nSPS) is 25.0. The van der Waals surface area contributed by atoms with Crippen molar-refractivity contribution in [2.75, 3.05) is 0 Å². The van der Waals surface area contributed by atoms with Crippen molar-refractivity contribution in [3.63, 3.8) is 0 Å². The van der Waals surface area contributed by atoms with Gasteiger partial charge in [-0.2, -0.15) is 0 Å². The summed E-state index contributed by atoms with van der Waals surface area (Å²) in [6, 6.07) is 15.8. The van der Waals surface area contributed by atoms with Gasteiger partial charge in [-0.15, -0.1) is 0 Å². The van der Waals surface area contributed by atoms with Crippen LogP contribution in [0, 0.1) is 9.49 Å². The third kappa shape index (κ3) is 3.37. The molecule has 2 unspecified atom stereocenters. The van der Waals surface area contributed by atoms with Gasteiger partial charge in [0, 0.05) is 3.57 Å². The summed E-state index contributed by atoms with van der Waals surface area (Å²) in [4.78, 5) is 0. The zero-order valence-electron chi connectivity index (χ0n) is 14.9. The smallest absolute Gasteiger partial charge is 0.0130 e. The quantitative estimate of drug-likeness (QED) is 0.425. The van der Waals surface area contributed by atoms with Gasteiger partial charge in [-0.3, -0.25) is 0 Å². The molecule has 2 aromatic carbocycles. The average Bonchev–Trinajstić information content (AvgIpc) is 2.61. The van der Waals surface area contributed by atoms with Gasteiger partial charge in [-0.05, 0) is 74.2 Å².